The van der Waals surface area contributed by atoms with Gasteiger partial charge < -0.3 is 5.32 Å². The first-order chi connectivity index (χ1) is 7.19. The fourth-order valence-electron chi connectivity index (χ4n) is 1.67. The van der Waals surface area contributed by atoms with Crippen molar-refractivity contribution >= 4 is 11.3 Å². The summed E-state index contributed by atoms with van der Waals surface area (Å²) in [6.07, 6.45) is 5.52. The maximum atomic E-state index is 3.76. The number of aryl methyl sites for hydroxylation is 2. The second kappa shape index (κ2) is 6.09. The van der Waals surface area contributed by atoms with Gasteiger partial charge in [0.05, 0.1) is 0 Å². The average Bonchev–Trinajstić information content (AvgIpc) is 2.54. The maximum absolute atomic E-state index is 3.76. The second-order valence-electron chi connectivity index (χ2n) is 3.95. The van der Waals surface area contributed by atoms with Crippen LogP contribution in [0.1, 0.15) is 40.6 Å². The van der Waals surface area contributed by atoms with Crippen LogP contribution in [-0.4, -0.2) is 7.05 Å². The lowest BCUT2D eigenvalue weighted by molar-refractivity contribution is 0.538. The minimum absolute atomic E-state index is 0.516. The molecule has 1 unspecified atom stereocenters. The number of thiophene rings is 1. The van der Waals surface area contributed by atoms with Crippen LogP contribution in [0, 0.1) is 13.8 Å². The summed E-state index contributed by atoms with van der Waals surface area (Å²) in [4.78, 5) is 2.91. The molecule has 1 N–H and O–H groups in total. The van der Waals surface area contributed by atoms with Crippen molar-refractivity contribution in [3.8, 4) is 0 Å². The molecule has 0 aliphatic rings. The van der Waals surface area contributed by atoms with Crippen LogP contribution in [0.2, 0.25) is 0 Å². The van der Waals surface area contributed by atoms with Crippen LogP contribution in [0.5, 0.6) is 0 Å². The zero-order chi connectivity index (χ0) is 11.3. The Bertz CT molecular complexity index is 295. The van der Waals surface area contributed by atoms with E-state index in [2.05, 4.69) is 31.8 Å². The highest BCUT2D eigenvalue weighted by Crippen LogP contribution is 2.29. The lowest BCUT2D eigenvalue weighted by atomic mass is 10.1. The summed E-state index contributed by atoms with van der Waals surface area (Å²) in [5.41, 5.74) is 1.42. The maximum Gasteiger partial charge on any atom is 0.0412 e. The molecule has 2 heteroatoms. The molecule has 0 radical (unpaired) electrons. The molecule has 1 aromatic rings. The fourth-order valence-corrected chi connectivity index (χ4v) is 2.86. The first kappa shape index (κ1) is 12.5. The van der Waals surface area contributed by atoms with E-state index in [1.165, 1.54) is 28.2 Å². The molecule has 0 aliphatic carbocycles. The van der Waals surface area contributed by atoms with E-state index in [9.17, 15) is 0 Å². The molecule has 0 saturated carbocycles. The molecule has 1 atom stereocenters. The van der Waals surface area contributed by atoms with Gasteiger partial charge in [-0.3, -0.25) is 0 Å². The number of hydrogen-bond donors (Lipinski definition) is 1. The lowest BCUT2D eigenvalue weighted by Crippen LogP contribution is -2.14. The molecule has 1 rings (SSSR count). The van der Waals surface area contributed by atoms with Gasteiger partial charge in [-0.1, -0.05) is 6.08 Å². The number of rotatable bonds is 6. The quantitative estimate of drug-likeness (QED) is 0.568. The largest absolute Gasteiger partial charge is 0.312 e. The van der Waals surface area contributed by atoms with Crippen LogP contribution in [0.3, 0.4) is 0 Å². The second-order valence-corrected chi connectivity index (χ2v) is 5.24. The minimum atomic E-state index is 0.516. The number of hydrogen-bond acceptors (Lipinski definition) is 2. The molecule has 15 heavy (non-hydrogen) atoms. The van der Waals surface area contributed by atoms with Crippen LogP contribution in [-0.2, 0) is 0 Å². The zero-order valence-corrected chi connectivity index (χ0v) is 10.8. The molecule has 0 aromatic carbocycles. The smallest absolute Gasteiger partial charge is 0.0412 e. The molecule has 1 heterocycles. The molecule has 1 aromatic heterocycles. The summed E-state index contributed by atoms with van der Waals surface area (Å²) in [7, 11) is 2.04. The third-order valence-corrected chi connectivity index (χ3v) is 4.04. The van der Waals surface area contributed by atoms with Crippen LogP contribution < -0.4 is 5.32 Å². The van der Waals surface area contributed by atoms with E-state index in [1.807, 2.05) is 24.5 Å². The van der Waals surface area contributed by atoms with Crippen molar-refractivity contribution in [2.24, 2.45) is 0 Å². The van der Waals surface area contributed by atoms with Crippen LogP contribution >= 0.6 is 11.3 Å². The molecule has 0 aliphatic heterocycles. The van der Waals surface area contributed by atoms with E-state index in [1.54, 1.807) is 0 Å². The summed E-state index contributed by atoms with van der Waals surface area (Å²) < 4.78 is 0. The van der Waals surface area contributed by atoms with Gasteiger partial charge in [0.1, 0.15) is 0 Å². The Morgan fingerprint density at radius 2 is 2.27 bits per heavy atom. The standard InChI is InChI=1S/C13H21NS/c1-5-6-7-8-12(14-4)13-9-10(2)11(3)15-13/h5,9,12,14H,1,6-8H2,2-4H3. The van der Waals surface area contributed by atoms with Gasteiger partial charge in [-0.15, -0.1) is 17.9 Å². The van der Waals surface area contributed by atoms with Gasteiger partial charge in [0.15, 0.2) is 0 Å². The average molecular weight is 223 g/mol. The predicted molar refractivity (Wildman–Crippen MR) is 69.6 cm³/mol. The Morgan fingerprint density at radius 3 is 2.73 bits per heavy atom. The topological polar surface area (TPSA) is 12.0 Å². The first-order valence-corrected chi connectivity index (χ1v) is 6.35. The van der Waals surface area contributed by atoms with E-state index in [-0.39, 0.29) is 0 Å². The molecule has 0 fully saturated rings. The Balaban J connectivity index is 2.61. The summed E-state index contributed by atoms with van der Waals surface area (Å²) in [6.45, 7) is 8.14. The Hall–Kier alpha value is -0.600. The number of nitrogens with one attached hydrogen (secondary N) is 1. The zero-order valence-electron chi connectivity index (χ0n) is 9.97. The normalized spacial score (nSPS) is 12.7. The van der Waals surface area contributed by atoms with E-state index in [0.29, 0.717) is 6.04 Å². The Morgan fingerprint density at radius 1 is 1.53 bits per heavy atom. The third kappa shape index (κ3) is 3.47. The van der Waals surface area contributed by atoms with Gasteiger partial charge in [0, 0.05) is 15.8 Å². The molecular formula is C13H21NS. The van der Waals surface area contributed by atoms with Crippen molar-refractivity contribution in [1.29, 1.82) is 0 Å². The third-order valence-electron chi connectivity index (χ3n) is 2.78. The molecule has 0 saturated heterocycles. The van der Waals surface area contributed by atoms with Gasteiger partial charge >= 0.3 is 0 Å². The predicted octanol–water partition coefficient (Wildman–Crippen LogP) is 3.98. The van der Waals surface area contributed by atoms with E-state index in [4.69, 9.17) is 0 Å². The summed E-state index contributed by atoms with van der Waals surface area (Å²) in [5.74, 6) is 0. The molecule has 0 bridgehead atoms. The number of unbranched alkanes of at least 4 members (excludes halogenated alkanes) is 1. The van der Waals surface area contributed by atoms with Crippen molar-refractivity contribution < 1.29 is 0 Å². The van der Waals surface area contributed by atoms with Gasteiger partial charge in [-0.2, -0.15) is 0 Å². The SMILES string of the molecule is C=CCCCC(NC)c1cc(C)c(C)s1. The Kier molecular flexibility index (Phi) is 5.06. The number of allylic oxidation sites excluding steroid dienone is 1. The van der Waals surface area contributed by atoms with E-state index < -0.39 is 0 Å². The monoisotopic (exact) mass is 223 g/mol. The van der Waals surface area contributed by atoms with Gasteiger partial charge in [-0.25, -0.2) is 0 Å². The highest BCUT2D eigenvalue weighted by atomic mass is 32.1. The van der Waals surface area contributed by atoms with Crippen molar-refractivity contribution in [2.75, 3.05) is 7.05 Å². The highest BCUT2D eigenvalue weighted by Gasteiger charge is 2.11. The van der Waals surface area contributed by atoms with Crippen molar-refractivity contribution in [1.82, 2.24) is 5.32 Å². The van der Waals surface area contributed by atoms with Gasteiger partial charge in [0.25, 0.3) is 0 Å². The van der Waals surface area contributed by atoms with Crippen LogP contribution in [0.15, 0.2) is 18.7 Å². The van der Waals surface area contributed by atoms with Crippen molar-refractivity contribution in [3.63, 3.8) is 0 Å². The summed E-state index contributed by atoms with van der Waals surface area (Å²) >= 11 is 1.92. The Labute approximate surface area is 97.2 Å². The van der Waals surface area contributed by atoms with Gasteiger partial charge in [0.2, 0.25) is 0 Å². The van der Waals surface area contributed by atoms with Crippen molar-refractivity contribution in [3.05, 3.63) is 34.0 Å². The van der Waals surface area contributed by atoms with Gasteiger partial charge in [-0.05, 0) is 51.8 Å². The van der Waals surface area contributed by atoms with Crippen LogP contribution in [0.4, 0.5) is 0 Å². The highest BCUT2D eigenvalue weighted by molar-refractivity contribution is 7.12. The van der Waals surface area contributed by atoms with Crippen molar-refractivity contribution in [2.45, 2.75) is 39.2 Å². The van der Waals surface area contributed by atoms with E-state index >= 15 is 0 Å². The first-order valence-electron chi connectivity index (χ1n) is 5.54. The molecule has 0 amide bonds. The molecular weight excluding hydrogens is 202 g/mol. The fraction of sp³-hybridized carbons (Fsp3) is 0.538. The minimum Gasteiger partial charge on any atom is -0.312 e. The van der Waals surface area contributed by atoms with Crippen LogP contribution in [0.25, 0.3) is 0 Å². The molecule has 0 spiro atoms. The summed E-state index contributed by atoms with van der Waals surface area (Å²) in [6, 6.07) is 2.83. The molecule has 84 valence electrons. The summed E-state index contributed by atoms with van der Waals surface area (Å²) in [5, 5.41) is 3.39. The molecule has 1 nitrogen and oxygen atoms in total. The lowest BCUT2D eigenvalue weighted by Gasteiger charge is -2.13. The van der Waals surface area contributed by atoms with E-state index in [0.717, 1.165) is 6.42 Å².